The van der Waals surface area contributed by atoms with Crippen LogP contribution in [0.15, 0.2) is 59.3 Å². The van der Waals surface area contributed by atoms with E-state index < -0.39 is 5.91 Å². The Morgan fingerprint density at radius 3 is 2.74 bits per heavy atom. The zero-order valence-electron chi connectivity index (χ0n) is 12.2. The molecular weight excluding hydrogens is 299 g/mol. The molecule has 2 aromatic carbocycles. The first-order valence-electron chi connectivity index (χ1n) is 6.82. The summed E-state index contributed by atoms with van der Waals surface area (Å²) in [4.78, 5) is 16.3. The topological polar surface area (TPSA) is 64.4 Å². The summed E-state index contributed by atoms with van der Waals surface area (Å²) in [5.41, 5.74) is 1.28. The second-order valence-electron chi connectivity index (χ2n) is 4.72. The normalized spacial score (nSPS) is 10.3. The molecule has 0 aliphatic rings. The van der Waals surface area contributed by atoms with Crippen LogP contribution in [0.3, 0.4) is 0 Å². The number of benzene rings is 2. The first-order valence-corrected chi connectivity index (χ1v) is 6.82. The molecule has 0 aliphatic heterocycles. The average Bonchev–Trinajstić information content (AvgIpc) is 3.07. The van der Waals surface area contributed by atoms with Crippen molar-refractivity contribution >= 4 is 11.6 Å². The molecule has 3 rings (SSSR count). The van der Waals surface area contributed by atoms with E-state index >= 15 is 0 Å². The van der Waals surface area contributed by atoms with Gasteiger partial charge in [-0.05, 0) is 36.4 Å². The van der Waals surface area contributed by atoms with Crippen LogP contribution in [-0.2, 0) is 0 Å². The molecule has 3 aromatic rings. The van der Waals surface area contributed by atoms with Crippen molar-refractivity contribution in [3.8, 4) is 17.1 Å². The number of nitrogens with zero attached hydrogens (tertiary/aromatic N) is 1. The van der Waals surface area contributed by atoms with Crippen molar-refractivity contribution < 1.29 is 18.3 Å². The van der Waals surface area contributed by atoms with Gasteiger partial charge in [-0.1, -0.05) is 12.1 Å². The van der Waals surface area contributed by atoms with Gasteiger partial charge in [0.15, 0.2) is 17.8 Å². The Labute approximate surface area is 131 Å². The lowest BCUT2D eigenvalue weighted by atomic mass is 10.1. The number of hydrogen-bond donors (Lipinski definition) is 1. The van der Waals surface area contributed by atoms with E-state index in [0.29, 0.717) is 22.8 Å². The van der Waals surface area contributed by atoms with Crippen molar-refractivity contribution in [2.75, 3.05) is 12.4 Å². The molecular formula is C17H13FN2O3. The second kappa shape index (κ2) is 6.31. The molecule has 0 unspecified atom stereocenters. The van der Waals surface area contributed by atoms with Gasteiger partial charge < -0.3 is 14.5 Å². The van der Waals surface area contributed by atoms with Gasteiger partial charge in [-0.2, -0.15) is 0 Å². The molecule has 0 aliphatic carbocycles. The summed E-state index contributed by atoms with van der Waals surface area (Å²) in [5, 5.41) is 2.65. The van der Waals surface area contributed by atoms with Crippen LogP contribution < -0.4 is 10.1 Å². The van der Waals surface area contributed by atoms with Crippen molar-refractivity contribution in [3.05, 3.63) is 66.4 Å². The second-order valence-corrected chi connectivity index (χ2v) is 4.72. The molecule has 0 saturated heterocycles. The predicted molar refractivity (Wildman–Crippen MR) is 82.8 cm³/mol. The summed E-state index contributed by atoms with van der Waals surface area (Å²) < 4.78 is 23.4. The van der Waals surface area contributed by atoms with E-state index in [1.54, 1.807) is 31.4 Å². The average molecular weight is 312 g/mol. The smallest absolute Gasteiger partial charge is 0.278 e. The fourth-order valence-electron chi connectivity index (χ4n) is 2.10. The van der Waals surface area contributed by atoms with E-state index in [2.05, 4.69) is 10.3 Å². The van der Waals surface area contributed by atoms with Gasteiger partial charge in [0.1, 0.15) is 11.6 Å². The molecule has 0 atom stereocenters. The Morgan fingerprint density at radius 1 is 1.22 bits per heavy atom. The minimum Gasteiger partial charge on any atom is -0.497 e. The third kappa shape index (κ3) is 3.21. The van der Waals surface area contributed by atoms with Gasteiger partial charge in [0.25, 0.3) is 5.91 Å². The minimum atomic E-state index is -0.442. The summed E-state index contributed by atoms with van der Waals surface area (Å²) in [7, 11) is 1.56. The summed E-state index contributed by atoms with van der Waals surface area (Å²) in [6.45, 7) is 0. The van der Waals surface area contributed by atoms with Crippen LogP contribution in [0.5, 0.6) is 5.75 Å². The number of rotatable bonds is 4. The van der Waals surface area contributed by atoms with E-state index in [1.165, 1.54) is 30.7 Å². The SMILES string of the molecule is COc1cccc(-c2ocnc2C(=O)Nc2ccc(F)cc2)c1. The van der Waals surface area contributed by atoms with E-state index in [4.69, 9.17) is 9.15 Å². The van der Waals surface area contributed by atoms with Crippen molar-refractivity contribution in [3.63, 3.8) is 0 Å². The number of methoxy groups -OCH3 is 1. The van der Waals surface area contributed by atoms with Gasteiger partial charge in [0, 0.05) is 11.3 Å². The van der Waals surface area contributed by atoms with Crippen LogP contribution in [0.25, 0.3) is 11.3 Å². The third-order valence-corrected chi connectivity index (χ3v) is 3.22. The highest BCUT2D eigenvalue weighted by Crippen LogP contribution is 2.27. The number of halogens is 1. The van der Waals surface area contributed by atoms with Crippen molar-refractivity contribution in [1.29, 1.82) is 0 Å². The molecule has 1 aromatic heterocycles. The molecule has 6 heteroatoms. The highest BCUT2D eigenvalue weighted by atomic mass is 19.1. The van der Waals surface area contributed by atoms with Crippen molar-refractivity contribution in [2.45, 2.75) is 0 Å². The Kier molecular flexibility index (Phi) is 4.05. The molecule has 1 N–H and O–H groups in total. The fraction of sp³-hybridized carbons (Fsp3) is 0.0588. The summed E-state index contributed by atoms with van der Waals surface area (Å²) in [6.07, 6.45) is 1.20. The molecule has 0 saturated carbocycles. The van der Waals surface area contributed by atoms with Crippen LogP contribution in [0, 0.1) is 5.82 Å². The zero-order chi connectivity index (χ0) is 16.2. The first kappa shape index (κ1) is 14.8. The highest BCUT2D eigenvalue weighted by Gasteiger charge is 2.18. The number of nitrogens with one attached hydrogen (secondary N) is 1. The molecule has 0 radical (unpaired) electrons. The number of ether oxygens (including phenoxy) is 1. The maximum absolute atomic E-state index is 12.9. The maximum atomic E-state index is 12.9. The largest absolute Gasteiger partial charge is 0.497 e. The number of amides is 1. The standard InChI is InChI=1S/C17H13FN2O3/c1-22-14-4-2-3-11(9-14)16-15(19-10-23-16)17(21)20-13-7-5-12(18)6-8-13/h2-10H,1H3,(H,20,21). The van der Waals surface area contributed by atoms with Crippen LogP contribution in [0.4, 0.5) is 10.1 Å². The molecule has 0 bridgehead atoms. The Bertz CT molecular complexity index is 828. The number of oxazole rings is 1. The van der Waals surface area contributed by atoms with Gasteiger partial charge in [0.2, 0.25) is 0 Å². The van der Waals surface area contributed by atoms with Crippen molar-refractivity contribution in [2.24, 2.45) is 0 Å². The van der Waals surface area contributed by atoms with Crippen LogP contribution in [0.2, 0.25) is 0 Å². The summed E-state index contributed by atoms with van der Waals surface area (Å²) >= 11 is 0. The van der Waals surface area contributed by atoms with Crippen LogP contribution in [0.1, 0.15) is 10.5 Å². The third-order valence-electron chi connectivity index (χ3n) is 3.22. The van der Waals surface area contributed by atoms with Crippen molar-refractivity contribution in [1.82, 2.24) is 4.98 Å². The zero-order valence-corrected chi connectivity index (χ0v) is 12.2. The molecule has 116 valence electrons. The monoisotopic (exact) mass is 312 g/mol. The van der Waals surface area contributed by atoms with Gasteiger partial charge in [-0.25, -0.2) is 9.37 Å². The van der Waals surface area contributed by atoms with Gasteiger partial charge in [-0.3, -0.25) is 4.79 Å². The highest BCUT2D eigenvalue weighted by molar-refractivity contribution is 6.06. The van der Waals surface area contributed by atoms with E-state index in [0.717, 1.165) is 0 Å². The minimum absolute atomic E-state index is 0.141. The number of anilines is 1. The van der Waals surface area contributed by atoms with Gasteiger partial charge >= 0.3 is 0 Å². The molecule has 0 fully saturated rings. The van der Waals surface area contributed by atoms with E-state index in [-0.39, 0.29) is 11.5 Å². The molecule has 23 heavy (non-hydrogen) atoms. The quantitative estimate of drug-likeness (QED) is 0.797. The molecule has 5 nitrogen and oxygen atoms in total. The molecule has 0 spiro atoms. The number of carbonyl (C=O) groups is 1. The Hall–Kier alpha value is -3.15. The lowest BCUT2D eigenvalue weighted by molar-refractivity contribution is 0.102. The summed E-state index contributed by atoms with van der Waals surface area (Å²) in [6, 6.07) is 12.6. The first-order chi connectivity index (χ1) is 11.2. The van der Waals surface area contributed by atoms with Crippen LogP contribution >= 0.6 is 0 Å². The van der Waals surface area contributed by atoms with Gasteiger partial charge in [-0.15, -0.1) is 0 Å². The van der Waals surface area contributed by atoms with E-state index in [1.807, 2.05) is 0 Å². The molecule has 1 amide bonds. The molecule has 1 heterocycles. The fourth-order valence-corrected chi connectivity index (χ4v) is 2.10. The van der Waals surface area contributed by atoms with E-state index in [9.17, 15) is 9.18 Å². The number of aromatic nitrogens is 1. The summed E-state index contributed by atoms with van der Waals surface area (Å²) in [5.74, 6) is 0.164. The lowest BCUT2D eigenvalue weighted by Crippen LogP contribution is -2.13. The Morgan fingerprint density at radius 2 is 2.00 bits per heavy atom. The maximum Gasteiger partial charge on any atom is 0.278 e. The Balaban J connectivity index is 1.87. The predicted octanol–water partition coefficient (Wildman–Crippen LogP) is 3.74. The number of hydrogen-bond acceptors (Lipinski definition) is 4. The van der Waals surface area contributed by atoms with Crippen LogP contribution in [-0.4, -0.2) is 18.0 Å². The number of carbonyl (C=O) groups excluding carboxylic acids is 1. The van der Waals surface area contributed by atoms with Gasteiger partial charge in [0.05, 0.1) is 7.11 Å². The lowest BCUT2D eigenvalue weighted by Gasteiger charge is -2.05.